The smallest absolute Gasteiger partial charge is 0.312 e. The van der Waals surface area contributed by atoms with Crippen LogP contribution in [0.1, 0.15) is 23.5 Å². The average Bonchev–Trinajstić information content (AvgIpc) is 2.37. The molecule has 0 aliphatic carbocycles. The maximum absolute atomic E-state index is 11.7. The number of hydrogen-bond donors (Lipinski definition) is 2. The maximum atomic E-state index is 11.7. The Morgan fingerprint density at radius 1 is 1.15 bits per heavy atom. The summed E-state index contributed by atoms with van der Waals surface area (Å²) in [6, 6.07) is 9.64. The number of carbonyl (C=O) groups excluding carboxylic acids is 1. The van der Waals surface area contributed by atoms with Gasteiger partial charge in [-0.1, -0.05) is 23.7 Å². The van der Waals surface area contributed by atoms with Crippen LogP contribution in [-0.4, -0.2) is 16.2 Å². The first-order valence-corrected chi connectivity index (χ1v) is 6.44. The van der Waals surface area contributed by atoms with Gasteiger partial charge in [0.25, 0.3) is 0 Å². The van der Waals surface area contributed by atoms with Crippen molar-refractivity contribution in [2.24, 2.45) is 0 Å². The summed E-state index contributed by atoms with van der Waals surface area (Å²) >= 11 is 5.86. The molecule has 4 nitrogen and oxygen atoms in total. The van der Waals surface area contributed by atoms with Crippen molar-refractivity contribution in [2.75, 3.05) is 0 Å². The Hall–Kier alpha value is -2.20. The number of phenolic OH excluding ortho intramolecular Hbond substituents is 2. The minimum Gasteiger partial charge on any atom is -0.508 e. The Morgan fingerprint density at radius 2 is 1.85 bits per heavy atom. The van der Waals surface area contributed by atoms with Crippen LogP contribution in [0, 0.1) is 0 Å². The number of aromatic hydroxyl groups is 2. The molecule has 0 unspecified atom stereocenters. The van der Waals surface area contributed by atoms with Gasteiger partial charge in [-0.25, -0.2) is 0 Å². The monoisotopic (exact) mass is 290 g/mol. The fourth-order valence-electron chi connectivity index (χ4n) is 2.45. The summed E-state index contributed by atoms with van der Waals surface area (Å²) < 4.78 is 5.08. The van der Waals surface area contributed by atoms with Crippen LogP contribution >= 0.6 is 11.6 Å². The van der Waals surface area contributed by atoms with Crippen molar-refractivity contribution in [1.29, 1.82) is 0 Å². The van der Waals surface area contributed by atoms with E-state index in [9.17, 15) is 15.0 Å². The van der Waals surface area contributed by atoms with Crippen LogP contribution in [0.25, 0.3) is 0 Å². The zero-order chi connectivity index (χ0) is 14.3. The molecule has 1 heterocycles. The molecule has 0 amide bonds. The molecule has 2 aromatic rings. The largest absolute Gasteiger partial charge is 0.508 e. The molecule has 102 valence electrons. The van der Waals surface area contributed by atoms with Gasteiger partial charge in [0, 0.05) is 28.6 Å². The van der Waals surface area contributed by atoms with E-state index >= 15 is 0 Å². The Bertz CT molecular complexity index is 679. The number of carbonyl (C=O) groups is 1. The molecule has 0 bridgehead atoms. The fourth-order valence-corrected chi connectivity index (χ4v) is 2.57. The van der Waals surface area contributed by atoms with E-state index in [1.807, 2.05) is 12.1 Å². The molecule has 0 saturated carbocycles. The molecule has 2 N–H and O–H groups in total. The zero-order valence-electron chi connectivity index (χ0n) is 10.3. The van der Waals surface area contributed by atoms with Crippen LogP contribution < -0.4 is 4.74 Å². The van der Waals surface area contributed by atoms with Gasteiger partial charge in [-0.15, -0.1) is 0 Å². The summed E-state index contributed by atoms with van der Waals surface area (Å²) in [5.41, 5.74) is 1.36. The summed E-state index contributed by atoms with van der Waals surface area (Å²) in [5.74, 6) is -0.761. The van der Waals surface area contributed by atoms with Crippen LogP contribution in [0.2, 0.25) is 5.02 Å². The number of hydrogen-bond acceptors (Lipinski definition) is 4. The number of benzene rings is 2. The molecule has 0 aromatic heterocycles. The second-order valence-corrected chi connectivity index (χ2v) is 5.10. The molecule has 5 heteroatoms. The van der Waals surface area contributed by atoms with E-state index in [0.29, 0.717) is 10.6 Å². The predicted octanol–water partition coefficient (Wildman–Crippen LogP) is 3.19. The van der Waals surface area contributed by atoms with Gasteiger partial charge < -0.3 is 14.9 Å². The summed E-state index contributed by atoms with van der Waals surface area (Å²) in [6.07, 6.45) is 0.132. The Kier molecular flexibility index (Phi) is 3.03. The van der Waals surface area contributed by atoms with Crippen molar-refractivity contribution in [3.8, 4) is 17.2 Å². The first-order chi connectivity index (χ1) is 9.54. The molecule has 20 heavy (non-hydrogen) atoms. The number of ether oxygens (including phenoxy) is 1. The topological polar surface area (TPSA) is 66.8 Å². The van der Waals surface area contributed by atoms with Crippen LogP contribution in [0.5, 0.6) is 17.2 Å². The molecule has 1 atom stereocenters. The minimum absolute atomic E-state index is 0.0903. The number of rotatable bonds is 1. The standard InChI is InChI=1S/C15H11ClO4/c16-9-3-1-8(2-4-9)11-7-14(19)20-13-6-10(17)5-12(18)15(11)13/h1-6,11,17-18H,7H2/t11-/m0/s1. The van der Waals surface area contributed by atoms with Crippen LogP contribution in [-0.2, 0) is 4.79 Å². The lowest BCUT2D eigenvalue weighted by molar-refractivity contribution is -0.135. The third-order valence-electron chi connectivity index (χ3n) is 3.32. The molecule has 3 rings (SSSR count). The first kappa shape index (κ1) is 12.8. The normalized spacial score (nSPS) is 17.4. The summed E-state index contributed by atoms with van der Waals surface area (Å²) in [5, 5.41) is 20.1. The van der Waals surface area contributed by atoms with E-state index in [0.717, 1.165) is 5.56 Å². The van der Waals surface area contributed by atoms with Gasteiger partial charge in [-0.05, 0) is 17.7 Å². The number of phenols is 2. The summed E-state index contributed by atoms with van der Waals surface area (Å²) in [7, 11) is 0. The second-order valence-electron chi connectivity index (χ2n) is 4.66. The highest BCUT2D eigenvalue weighted by molar-refractivity contribution is 6.30. The summed E-state index contributed by atoms with van der Waals surface area (Å²) in [4.78, 5) is 11.7. The minimum atomic E-state index is -0.401. The summed E-state index contributed by atoms with van der Waals surface area (Å²) in [6.45, 7) is 0. The number of esters is 1. The second kappa shape index (κ2) is 4.72. The van der Waals surface area contributed by atoms with Crippen molar-refractivity contribution in [3.63, 3.8) is 0 Å². The van der Waals surface area contributed by atoms with E-state index in [4.69, 9.17) is 16.3 Å². The number of halogens is 1. The Balaban J connectivity index is 2.14. The van der Waals surface area contributed by atoms with Gasteiger partial charge in [0.2, 0.25) is 0 Å². The van der Waals surface area contributed by atoms with Gasteiger partial charge in [-0.3, -0.25) is 4.79 Å². The third-order valence-corrected chi connectivity index (χ3v) is 3.57. The number of fused-ring (bicyclic) bond motifs is 1. The predicted molar refractivity (Wildman–Crippen MR) is 73.3 cm³/mol. The maximum Gasteiger partial charge on any atom is 0.312 e. The lowest BCUT2D eigenvalue weighted by Gasteiger charge is -2.25. The van der Waals surface area contributed by atoms with Crippen LogP contribution in [0.4, 0.5) is 0 Å². The zero-order valence-corrected chi connectivity index (χ0v) is 11.1. The molecule has 0 saturated heterocycles. The molecule has 0 spiro atoms. The Morgan fingerprint density at radius 3 is 2.55 bits per heavy atom. The van der Waals surface area contributed by atoms with E-state index in [1.165, 1.54) is 12.1 Å². The highest BCUT2D eigenvalue weighted by Gasteiger charge is 2.31. The van der Waals surface area contributed by atoms with Crippen molar-refractivity contribution >= 4 is 17.6 Å². The first-order valence-electron chi connectivity index (χ1n) is 6.06. The lowest BCUT2D eigenvalue weighted by Crippen LogP contribution is -2.21. The SMILES string of the molecule is O=C1C[C@@H](c2ccc(Cl)cc2)c2c(O)cc(O)cc2O1. The molecule has 2 aromatic carbocycles. The Labute approximate surface area is 120 Å². The molecule has 0 radical (unpaired) electrons. The van der Waals surface area contributed by atoms with E-state index < -0.39 is 5.97 Å². The van der Waals surface area contributed by atoms with Crippen molar-refractivity contribution in [1.82, 2.24) is 0 Å². The fraction of sp³-hybridized carbons (Fsp3) is 0.133. The van der Waals surface area contributed by atoms with Gasteiger partial charge >= 0.3 is 5.97 Å². The molecule has 1 aliphatic rings. The quantitative estimate of drug-likeness (QED) is 0.625. The van der Waals surface area contributed by atoms with E-state index in [2.05, 4.69) is 0 Å². The average molecular weight is 291 g/mol. The van der Waals surface area contributed by atoms with Crippen molar-refractivity contribution < 1.29 is 19.7 Å². The van der Waals surface area contributed by atoms with Gasteiger partial charge in [-0.2, -0.15) is 0 Å². The highest BCUT2D eigenvalue weighted by atomic mass is 35.5. The van der Waals surface area contributed by atoms with Gasteiger partial charge in [0.15, 0.2) is 0 Å². The van der Waals surface area contributed by atoms with Crippen LogP contribution in [0.15, 0.2) is 36.4 Å². The van der Waals surface area contributed by atoms with Crippen molar-refractivity contribution in [3.05, 3.63) is 52.5 Å². The molecular weight excluding hydrogens is 280 g/mol. The molecule has 1 aliphatic heterocycles. The van der Waals surface area contributed by atoms with E-state index in [1.54, 1.807) is 12.1 Å². The van der Waals surface area contributed by atoms with E-state index in [-0.39, 0.29) is 29.6 Å². The molecule has 0 fully saturated rings. The van der Waals surface area contributed by atoms with Gasteiger partial charge in [0.05, 0.1) is 6.42 Å². The third kappa shape index (κ3) is 2.18. The highest BCUT2D eigenvalue weighted by Crippen LogP contribution is 2.45. The van der Waals surface area contributed by atoms with Crippen LogP contribution in [0.3, 0.4) is 0 Å². The van der Waals surface area contributed by atoms with Crippen molar-refractivity contribution in [2.45, 2.75) is 12.3 Å². The molecular formula is C15H11ClO4. The van der Waals surface area contributed by atoms with Gasteiger partial charge in [0.1, 0.15) is 17.2 Å². The lowest BCUT2D eigenvalue weighted by atomic mass is 9.86.